The monoisotopic (exact) mass is 110 g/mol. The van der Waals surface area contributed by atoms with Crippen LogP contribution in [0, 0.1) is 17.8 Å². The number of hydrogen-bond donors (Lipinski definition) is 0. The van der Waals surface area contributed by atoms with E-state index in [-0.39, 0.29) is 0 Å². The van der Waals surface area contributed by atoms with Gasteiger partial charge < -0.3 is 0 Å². The van der Waals surface area contributed by atoms with Crippen LogP contribution < -0.4 is 0 Å². The minimum Gasteiger partial charge on any atom is -0.103 e. The van der Waals surface area contributed by atoms with Crippen molar-refractivity contribution in [2.75, 3.05) is 0 Å². The van der Waals surface area contributed by atoms with E-state index in [9.17, 15) is 0 Å². The molecule has 0 nitrogen and oxygen atoms in total. The molecule has 3 unspecified atom stereocenters. The lowest BCUT2D eigenvalue weighted by atomic mass is 10.1. The summed E-state index contributed by atoms with van der Waals surface area (Å²) in [5.41, 5.74) is 0. The average Bonchev–Trinajstić information content (AvgIpc) is 2.45. The first-order valence-corrected chi connectivity index (χ1v) is 3.38. The Labute approximate surface area is 51.6 Å². The fourth-order valence-electron chi connectivity index (χ4n) is 1.26. The van der Waals surface area contributed by atoms with Crippen LogP contribution in [0.4, 0.5) is 0 Å². The van der Waals surface area contributed by atoms with E-state index in [1.165, 1.54) is 6.42 Å². The molecule has 1 saturated carbocycles. The summed E-state index contributed by atoms with van der Waals surface area (Å²) in [7, 11) is 0. The SMILES string of the molecule is C=CC(C)C1CC1C. The summed E-state index contributed by atoms with van der Waals surface area (Å²) >= 11 is 0. The minimum absolute atomic E-state index is 0.755. The zero-order valence-electron chi connectivity index (χ0n) is 5.72. The summed E-state index contributed by atoms with van der Waals surface area (Å²) in [6.45, 7) is 8.32. The van der Waals surface area contributed by atoms with Crippen molar-refractivity contribution < 1.29 is 0 Å². The van der Waals surface area contributed by atoms with Gasteiger partial charge in [0.15, 0.2) is 0 Å². The molecule has 1 aliphatic rings. The Hall–Kier alpha value is -0.260. The van der Waals surface area contributed by atoms with Gasteiger partial charge >= 0.3 is 0 Å². The van der Waals surface area contributed by atoms with E-state index in [4.69, 9.17) is 0 Å². The van der Waals surface area contributed by atoms with Gasteiger partial charge in [0.1, 0.15) is 0 Å². The topological polar surface area (TPSA) is 0 Å². The highest BCUT2D eigenvalue weighted by atomic mass is 14.4. The van der Waals surface area contributed by atoms with Crippen molar-refractivity contribution in [2.45, 2.75) is 20.3 Å². The van der Waals surface area contributed by atoms with Gasteiger partial charge in [-0.25, -0.2) is 0 Å². The van der Waals surface area contributed by atoms with E-state index >= 15 is 0 Å². The molecule has 0 aromatic heterocycles. The lowest BCUT2D eigenvalue weighted by molar-refractivity contribution is 0.588. The maximum absolute atomic E-state index is 3.76. The van der Waals surface area contributed by atoms with Crippen LogP contribution in [-0.4, -0.2) is 0 Å². The molecule has 8 heavy (non-hydrogen) atoms. The summed E-state index contributed by atoms with van der Waals surface area (Å²) in [4.78, 5) is 0. The normalized spacial score (nSPS) is 38.8. The van der Waals surface area contributed by atoms with Crippen molar-refractivity contribution in [1.82, 2.24) is 0 Å². The van der Waals surface area contributed by atoms with Crippen LogP contribution in [0.2, 0.25) is 0 Å². The van der Waals surface area contributed by atoms with E-state index in [1.54, 1.807) is 0 Å². The predicted molar refractivity (Wildman–Crippen MR) is 36.6 cm³/mol. The summed E-state index contributed by atoms with van der Waals surface area (Å²) in [5.74, 6) is 2.69. The first kappa shape index (κ1) is 5.87. The molecule has 0 saturated heterocycles. The molecule has 46 valence electrons. The van der Waals surface area contributed by atoms with Gasteiger partial charge in [0.2, 0.25) is 0 Å². The highest BCUT2D eigenvalue weighted by Crippen LogP contribution is 2.43. The van der Waals surface area contributed by atoms with E-state index in [1.807, 2.05) is 0 Å². The molecule has 0 N–H and O–H groups in total. The van der Waals surface area contributed by atoms with Gasteiger partial charge in [-0.05, 0) is 24.2 Å². The fraction of sp³-hybridized carbons (Fsp3) is 0.750. The molecule has 0 radical (unpaired) electrons. The molecular weight excluding hydrogens is 96.1 g/mol. The number of allylic oxidation sites excluding steroid dienone is 1. The third-order valence-electron chi connectivity index (χ3n) is 2.22. The molecule has 1 rings (SSSR count). The van der Waals surface area contributed by atoms with Crippen molar-refractivity contribution in [1.29, 1.82) is 0 Å². The first-order chi connectivity index (χ1) is 3.75. The van der Waals surface area contributed by atoms with E-state index in [2.05, 4.69) is 26.5 Å². The largest absolute Gasteiger partial charge is 0.103 e. The van der Waals surface area contributed by atoms with Gasteiger partial charge in [-0.2, -0.15) is 0 Å². The smallest absolute Gasteiger partial charge is 0.0234 e. The highest BCUT2D eigenvalue weighted by molar-refractivity contribution is 4.93. The Morgan fingerprint density at radius 1 is 1.75 bits per heavy atom. The molecular formula is C8H14. The second-order valence-corrected chi connectivity index (χ2v) is 2.97. The van der Waals surface area contributed by atoms with Crippen molar-refractivity contribution in [3.8, 4) is 0 Å². The highest BCUT2D eigenvalue weighted by Gasteiger charge is 2.35. The third-order valence-corrected chi connectivity index (χ3v) is 2.22. The van der Waals surface area contributed by atoms with Crippen LogP contribution in [0.5, 0.6) is 0 Å². The maximum atomic E-state index is 3.76. The Kier molecular flexibility index (Phi) is 1.41. The zero-order chi connectivity index (χ0) is 6.15. The summed E-state index contributed by atoms with van der Waals surface area (Å²) in [6.07, 6.45) is 3.49. The van der Waals surface area contributed by atoms with Crippen LogP contribution in [0.3, 0.4) is 0 Å². The van der Waals surface area contributed by atoms with Crippen molar-refractivity contribution >= 4 is 0 Å². The van der Waals surface area contributed by atoms with Gasteiger partial charge in [-0.3, -0.25) is 0 Å². The van der Waals surface area contributed by atoms with Crippen LogP contribution in [0.25, 0.3) is 0 Å². The summed E-state index contributed by atoms with van der Waals surface area (Å²) < 4.78 is 0. The van der Waals surface area contributed by atoms with Gasteiger partial charge in [-0.15, -0.1) is 6.58 Å². The summed E-state index contributed by atoms with van der Waals surface area (Å²) in [5, 5.41) is 0. The zero-order valence-corrected chi connectivity index (χ0v) is 5.72. The first-order valence-electron chi connectivity index (χ1n) is 3.38. The van der Waals surface area contributed by atoms with E-state index < -0.39 is 0 Å². The molecule has 1 aliphatic carbocycles. The molecule has 3 atom stereocenters. The molecule has 0 bridgehead atoms. The van der Waals surface area contributed by atoms with Crippen molar-refractivity contribution in [3.63, 3.8) is 0 Å². The van der Waals surface area contributed by atoms with Gasteiger partial charge in [0, 0.05) is 0 Å². The Morgan fingerprint density at radius 3 is 2.38 bits per heavy atom. The predicted octanol–water partition coefficient (Wildman–Crippen LogP) is 2.46. The minimum atomic E-state index is 0.755. The molecule has 0 heteroatoms. The third kappa shape index (κ3) is 0.936. The van der Waals surface area contributed by atoms with Crippen molar-refractivity contribution in [2.24, 2.45) is 17.8 Å². The van der Waals surface area contributed by atoms with Gasteiger partial charge in [-0.1, -0.05) is 19.9 Å². The molecule has 0 aliphatic heterocycles. The van der Waals surface area contributed by atoms with Crippen molar-refractivity contribution in [3.05, 3.63) is 12.7 Å². The average molecular weight is 110 g/mol. The molecule has 0 aromatic rings. The van der Waals surface area contributed by atoms with Crippen LogP contribution >= 0.6 is 0 Å². The second-order valence-electron chi connectivity index (χ2n) is 2.97. The molecule has 1 fully saturated rings. The Bertz CT molecular complexity index is 94.2. The van der Waals surface area contributed by atoms with E-state index in [0.29, 0.717) is 0 Å². The molecule has 0 heterocycles. The lowest BCUT2D eigenvalue weighted by Crippen LogP contribution is -1.91. The van der Waals surface area contributed by atoms with Crippen LogP contribution in [-0.2, 0) is 0 Å². The molecule has 0 spiro atoms. The standard InChI is InChI=1S/C8H14/c1-4-6(2)8-5-7(8)3/h4,6-8H,1,5H2,2-3H3. The molecule has 0 aromatic carbocycles. The van der Waals surface area contributed by atoms with E-state index in [0.717, 1.165) is 17.8 Å². The summed E-state index contributed by atoms with van der Waals surface area (Å²) in [6, 6.07) is 0. The molecule has 0 amide bonds. The number of hydrogen-bond acceptors (Lipinski definition) is 0. The lowest BCUT2D eigenvalue weighted by Gasteiger charge is -1.99. The van der Waals surface area contributed by atoms with Gasteiger partial charge in [0.25, 0.3) is 0 Å². The maximum Gasteiger partial charge on any atom is -0.0234 e. The fourth-order valence-corrected chi connectivity index (χ4v) is 1.26. The Morgan fingerprint density at radius 2 is 2.25 bits per heavy atom. The van der Waals surface area contributed by atoms with Crippen LogP contribution in [0.1, 0.15) is 20.3 Å². The Balaban J connectivity index is 2.27. The quantitative estimate of drug-likeness (QED) is 0.479. The van der Waals surface area contributed by atoms with Crippen LogP contribution in [0.15, 0.2) is 12.7 Å². The second kappa shape index (κ2) is 1.93. The van der Waals surface area contributed by atoms with Gasteiger partial charge in [0.05, 0.1) is 0 Å². The number of rotatable bonds is 2.